The zero-order valence-electron chi connectivity index (χ0n) is 5.76. The third-order valence-corrected chi connectivity index (χ3v) is 0.933. The summed E-state index contributed by atoms with van der Waals surface area (Å²) < 4.78 is 0. The molecule has 0 unspecified atom stereocenters. The summed E-state index contributed by atoms with van der Waals surface area (Å²) in [5.41, 5.74) is 0. The number of aliphatic hydroxyl groups is 2. The maximum Gasteiger partial charge on any atom is 0.152 e. The molecule has 0 bridgehead atoms. The first kappa shape index (κ1) is 8.08. The summed E-state index contributed by atoms with van der Waals surface area (Å²) in [5.74, 6) is -0.100. The standard InChI is InChI=1S/C7H12O2/c1-3-5-7(9)6(8)4-2/h4-5,8-9H,3H2,1-2H3. The van der Waals surface area contributed by atoms with Crippen molar-refractivity contribution < 1.29 is 10.2 Å². The Kier molecular flexibility index (Phi) is 3.60. The van der Waals surface area contributed by atoms with E-state index in [1.165, 1.54) is 6.08 Å². The molecular formula is C7H12O2. The van der Waals surface area contributed by atoms with Gasteiger partial charge in [0, 0.05) is 0 Å². The van der Waals surface area contributed by atoms with Crippen molar-refractivity contribution in [2.45, 2.75) is 20.3 Å². The SMILES string of the molecule is CC=C(O)C(O)=CCC. The predicted octanol–water partition coefficient (Wildman–Crippen LogP) is 2.30. The fourth-order valence-electron chi connectivity index (χ4n) is 0.446. The van der Waals surface area contributed by atoms with Crippen molar-refractivity contribution in [2.24, 2.45) is 0 Å². The first-order valence-electron chi connectivity index (χ1n) is 2.97. The molecule has 0 atom stereocenters. The number of rotatable bonds is 2. The van der Waals surface area contributed by atoms with E-state index in [0.717, 1.165) is 6.42 Å². The smallest absolute Gasteiger partial charge is 0.152 e. The predicted molar refractivity (Wildman–Crippen MR) is 37.4 cm³/mol. The molecule has 0 aliphatic heterocycles. The topological polar surface area (TPSA) is 40.5 Å². The van der Waals surface area contributed by atoms with Crippen LogP contribution in [0.1, 0.15) is 20.3 Å². The molecule has 0 spiro atoms. The van der Waals surface area contributed by atoms with Crippen LogP contribution in [0.4, 0.5) is 0 Å². The molecule has 0 saturated carbocycles. The zero-order chi connectivity index (χ0) is 7.28. The van der Waals surface area contributed by atoms with E-state index in [9.17, 15) is 0 Å². The van der Waals surface area contributed by atoms with Gasteiger partial charge >= 0.3 is 0 Å². The Hall–Kier alpha value is -0.920. The van der Waals surface area contributed by atoms with Gasteiger partial charge in [-0.15, -0.1) is 0 Å². The molecule has 2 N–H and O–H groups in total. The fourth-order valence-corrected chi connectivity index (χ4v) is 0.446. The molecule has 0 rings (SSSR count). The summed E-state index contributed by atoms with van der Waals surface area (Å²) in [6.07, 6.45) is 3.72. The largest absolute Gasteiger partial charge is 0.504 e. The number of hydrogen-bond acceptors (Lipinski definition) is 2. The maximum absolute atomic E-state index is 8.86. The highest BCUT2D eigenvalue weighted by molar-refractivity contribution is 5.15. The van der Waals surface area contributed by atoms with Crippen molar-refractivity contribution in [2.75, 3.05) is 0 Å². The van der Waals surface area contributed by atoms with E-state index in [1.807, 2.05) is 6.92 Å². The maximum atomic E-state index is 8.86. The molecule has 0 amide bonds. The Morgan fingerprint density at radius 2 is 1.89 bits per heavy atom. The second-order valence-electron chi connectivity index (χ2n) is 1.67. The highest BCUT2D eigenvalue weighted by Gasteiger charge is 1.93. The third-order valence-electron chi connectivity index (χ3n) is 0.933. The van der Waals surface area contributed by atoms with Crippen LogP contribution in [0, 0.1) is 0 Å². The molecule has 0 fully saturated rings. The molecule has 0 aliphatic carbocycles. The number of hydrogen-bond donors (Lipinski definition) is 2. The molecule has 2 heteroatoms. The highest BCUT2D eigenvalue weighted by Crippen LogP contribution is 2.01. The third kappa shape index (κ3) is 2.80. The van der Waals surface area contributed by atoms with Crippen LogP contribution in [0.15, 0.2) is 23.7 Å². The normalized spacial score (nSPS) is 14.0. The van der Waals surface area contributed by atoms with Crippen LogP contribution < -0.4 is 0 Å². The van der Waals surface area contributed by atoms with E-state index in [4.69, 9.17) is 10.2 Å². The van der Waals surface area contributed by atoms with Crippen molar-refractivity contribution in [3.8, 4) is 0 Å². The number of aliphatic hydroxyl groups excluding tert-OH is 2. The monoisotopic (exact) mass is 128 g/mol. The van der Waals surface area contributed by atoms with Gasteiger partial charge in [-0.3, -0.25) is 0 Å². The van der Waals surface area contributed by atoms with Crippen molar-refractivity contribution in [3.63, 3.8) is 0 Å². The van der Waals surface area contributed by atoms with Crippen molar-refractivity contribution >= 4 is 0 Å². The van der Waals surface area contributed by atoms with Gasteiger partial charge in [-0.25, -0.2) is 0 Å². The lowest BCUT2D eigenvalue weighted by Crippen LogP contribution is -1.84. The van der Waals surface area contributed by atoms with Crippen molar-refractivity contribution in [1.29, 1.82) is 0 Å². The van der Waals surface area contributed by atoms with Crippen LogP contribution in [-0.2, 0) is 0 Å². The second kappa shape index (κ2) is 4.01. The Morgan fingerprint density at radius 3 is 2.22 bits per heavy atom. The van der Waals surface area contributed by atoms with Gasteiger partial charge in [-0.1, -0.05) is 6.92 Å². The molecule has 0 aromatic rings. The van der Waals surface area contributed by atoms with E-state index in [-0.39, 0.29) is 11.5 Å². The van der Waals surface area contributed by atoms with Crippen LogP contribution in [0.3, 0.4) is 0 Å². The molecule has 52 valence electrons. The van der Waals surface area contributed by atoms with Crippen molar-refractivity contribution in [1.82, 2.24) is 0 Å². The van der Waals surface area contributed by atoms with Crippen LogP contribution in [0.2, 0.25) is 0 Å². The summed E-state index contributed by atoms with van der Waals surface area (Å²) in [6.45, 7) is 3.55. The van der Waals surface area contributed by atoms with Gasteiger partial charge < -0.3 is 10.2 Å². The second-order valence-corrected chi connectivity index (χ2v) is 1.67. The molecule has 0 aromatic heterocycles. The molecule has 2 nitrogen and oxygen atoms in total. The van der Waals surface area contributed by atoms with Gasteiger partial charge in [0.25, 0.3) is 0 Å². The van der Waals surface area contributed by atoms with Crippen molar-refractivity contribution in [3.05, 3.63) is 23.7 Å². The molecule has 0 aliphatic rings. The van der Waals surface area contributed by atoms with Gasteiger partial charge in [0.2, 0.25) is 0 Å². The molecular weight excluding hydrogens is 116 g/mol. The summed E-state index contributed by atoms with van der Waals surface area (Å²) in [6, 6.07) is 0. The van der Waals surface area contributed by atoms with Crippen LogP contribution in [0.5, 0.6) is 0 Å². The lowest BCUT2D eigenvalue weighted by atomic mass is 10.3. The van der Waals surface area contributed by atoms with E-state index >= 15 is 0 Å². The van der Waals surface area contributed by atoms with Crippen LogP contribution in [0.25, 0.3) is 0 Å². The average molecular weight is 128 g/mol. The average Bonchev–Trinajstić information content (AvgIpc) is 1.87. The first-order chi connectivity index (χ1) is 4.22. The highest BCUT2D eigenvalue weighted by atomic mass is 16.3. The minimum absolute atomic E-state index is 0.0417. The lowest BCUT2D eigenvalue weighted by molar-refractivity contribution is 0.324. The van der Waals surface area contributed by atoms with Gasteiger partial charge in [0.05, 0.1) is 0 Å². The Bertz CT molecular complexity index is 134. The first-order valence-corrected chi connectivity index (χ1v) is 2.97. The molecule has 9 heavy (non-hydrogen) atoms. The Labute approximate surface area is 55.1 Å². The van der Waals surface area contributed by atoms with E-state index in [2.05, 4.69) is 0 Å². The number of allylic oxidation sites excluding steroid dienone is 2. The molecule has 0 radical (unpaired) electrons. The van der Waals surface area contributed by atoms with E-state index < -0.39 is 0 Å². The van der Waals surface area contributed by atoms with E-state index in [1.54, 1.807) is 13.0 Å². The van der Waals surface area contributed by atoms with Gasteiger partial charge in [-0.05, 0) is 25.5 Å². The summed E-state index contributed by atoms with van der Waals surface area (Å²) in [7, 11) is 0. The minimum Gasteiger partial charge on any atom is -0.504 e. The van der Waals surface area contributed by atoms with Gasteiger partial charge in [0.1, 0.15) is 0 Å². The summed E-state index contributed by atoms with van der Waals surface area (Å²) in [4.78, 5) is 0. The van der Waals surface area contributed by atoms with Crippen LogP contribution in [-0.4, -0.2) is 10.2 Å². The summed E-state index contributed by atoms with van der Waals surface area (Å²) in [5, 5.41) is 17.7. The van der Waals surface area contributed by atoms with E-state index in [0.29, 0.717) is 0 Å². The Balaban J connectivity index is 4.03. The minimum atomic E-state index is -0.0585. The van der Waals surface area contributed by atoms with Crippen LogP contribution >= 0.6 is 0 Å². The lowest BCUT2D eigenvalue weighted by Gasteiger charge is -1.94. The quantitative estimate of drug-likeness (QED) is 0.442. The molecule has 0 heterocycles. The summed E-state index contributed by atoms with van der Waals surface area (Å²) >= 11 is 0. The van der Waals surface area contributed by atoms with Gasteiger partial charge in [-0.2, -0.15) is 0 Å². The molecule has 0 saturated heterocycles. The Morgan fingerprint density at radius 1 is 1.33 bits per heavy atom. The fraction of sp³-hybridized carbons (Fsp3) is 0.429. The van der Waals surface area contributed by atoms with Gasteiger partial charge in [0.15, 0.2) is 11.5 Å². The molecule has 0 aromatic carbocycles. The zero-order valence-corrected chi connectivity index (χ0v) is 5.76.